The molecule has 0 radical (unpaired) electrons. The minimum absolute atomic E-state index is 0.0782. The van der Waals surface area contributed by atoms with Crippen molar-refractivity contribution in [2.24, 2.45) is 0 Å². The van der Waals surface area contributed by atoms with Crippen molar-refractivity contribution in [1.29, 1.82) is 0 Å². The number of hydrogen-bond acceptors (Lipinski definition) is 2. The van der Waals surface area contributed by atoms with Gasteiger partial charge in [-0.05, 0) is 38.1 Å². The lowest BCUT2D eigenvalue weighted by Gasteiger charge is -2.14. The van der Waals surface area contributed by atoms with E-state index in [-0.39, 0.29) is 11.9 Å². The number of rotatable bonds is 5. The first-order chi connectivity index (χ1) is 11.1. The molecule has 2 N–H and O–H groups in total. The zero-order chi connectivity index (χ0) is 16.4. The maximum Gasteiger partial charge on any atom is 0.267 e. The second-order valence-corrected chi connectivity index (χ2v) is 6.22. The first kappa shape index (κ1) is 15.6. The van der Waals surface area contributed by atoms with E-state index in [2.05, 4.69) is 29.1 Å². The second kappa shape index (κ2) is 6.46. The zero-order valence-electron chi connectivity index (χ0n) is 13.1. The SMILES string of the molecule is CC(C)n1c(C(=O)NCCc2cnc[nH]2)cc2cc(Cl)ccc21. The van der Waals surface area contributed by atoms with Gasteiger partial charge in [-0.1, -0.05) is 11.6 Å². The molecule has 5 nitrogen and oxygen atoms in total. The number of carbonyl (C=O) groups excluding carboxylic acids is 1. The summed E-state index contributed by atoms with van der Waals surface area (Å²) in [5, 5.41) is 4.62. The van der Waals surface area contributed by atoms with Crippen molar-refractivity contribution < 1.29 is 4.79 Å². The first-order valence-corrected chi connectivity index (χ1v) is 8.00. The Morgan fingerprint density at radius 3 is 2.91 bits per heavy atom. The number of aromatic nitrogens is 3. The van der Waals surface area contributed by atoms with E-state index in [0.29, 0.717) is 17.3 Å². The molecule has 0 atom stereocenters. The molecule has 0 aliphatic heterocycles. The van der Waals surface area contributed by atoms with Crippen molar-refractivity contribution >= 4 is 28.4 Å². The topological polar surface area (TPSA) is 62.7 Å². The van der Waals surface area contributed by atoms with Crippen LogP contribution in [0.25, 0.3) is 10.9 Å². The molecule has 0 aliphatic rings. The van der Waals surface area contributed by atoms with Crippen LogP contribution in [0.3, 0.4) is 0 Å². The summed E-state index contributed by atoms with van der Waals surface area (Å²) in [5.74, 6) is -0.0782. The number of nitrogens with one attached hydrogen (secondary N) is 2. The highest BCUT2D eigenvalue weighted by molar-refractivity contribution is 6.31. The van der Waals surface area contributed by atoms with Crippen LogP contribution in [0, 0.1) is 0 Å². The number of imidazole rings is 1. The van der Waals surface area contributed by atoms with Crippen LogP contribution in [0.5, 0.6) is 0 Å². The van der Waals surface area contributed by atoms with Crippen LogP contribution in [0.1, 0.15) is 36.1 Å². The molecular weight excluding hydrogens is 312 g/mol. The molecule has 0 aliphatic carbocycles. The summed E-state index contributed by atoms with van der Waals surface area (Å²) in [4.78, 5) is 19.6. The maximum absolute atomic E-state index is 12.6. The Bertz CT molecular complexity index is 821. The summed E-state index contributed by atoms with van der Waals surface area (Å²) in [6.45, 7) is 4.69. The van der Waals surface area contributed by atoms with Gasteiger partial charge in [-0.3, -0.25) is 4.79 Å². The average molecular weight is 331 g/mol. The number of fused-ring (bicyclic) bond motifs is 1. The summed E-state index contributed by atoms with van der Waals surface area (Å²) in [6, 6.07) is 7.77. The molecule has 120 valence electrons. The molecular formula is C17H19ClN4O. The third-order valence-electron chi connectivity index (χ3n) is 3.78. The van der Waals surface area contributed by atoms with E-state index in [1.807, 2.05) is 28.8 Å². The largest absolute Gasteiger partial charge is 0.350 e. The van der Waals surface area contributed by atoms with Gasteiger partial charge >= 0.3 is 0 Å². The normalized spacial score (nSPS) is 11.3. The molecule has 0 unspecified atom stereocenters. The molecule has 0 spiro atoms. The molecule has 0 bridgehead atoms. The Morgan fingerprint density at radius 2 is 2.22 bits per heavy atom. The molecule has 3 aromatic rings. The highest BCUT2D eigenvalue weighted by atomic mass is 35.5. The summed E-state index contributed by atoms with van der Waals surface area (Å²) < 4.78 is 2.04. The minimum atomic E-state index is -0.0782. The van der Waals surface area contributed by atoms with E-state index >= 15 is 0 Å². The fraction of sp³-hybridized carbons (Fsp3) is 0.294. The molecule has 6 heteroatoms. The van der Waals surface area contributed by atoms with Gasteiger partial charge in [0, 0.05) is 46.8 Å². The van der Waals surface area contributed by atoms with Gasteiger partial charge < -0.3 is 14.9 Å². The maximum atomic E-state index is 12.6. The van der Waals surface area contributed by atoms with E-state index in [4.69, 9.17) is 11.6 Å². The Hall–Kier alpha value is -2.27. The minimum Gasteiger partial charge on any atom is -0.350 e. The van der Waals surface area contributed by atoms with E-state index in [1.54, 1.807) is 12.5 Å². The van der Waals surface area contributed by atoms with Gasteiger partial charge in [-0.15, -0.1) is 0 Å². The van der Waals surface area contributed by atoms with Gasteiger partial charge in [-0.2, -0.15) is 0 Å². The average Bonchev–Trinajstić information content (AvgIpc) is 3.13. The van der Waals surface area contributed by atoms with Crippen LogP contribution >= 0.6 is 11.6 Å². The van der Waals surface area contributed by atoms with Gasteiger partial charge in [0.25, 0.3) is 5.91 Å². The van der Waals surface area contributed by atoms with E-state index in [9.17, 15) is 4.79 Å². The van der Waals surface area contributed by atoms with Gasteiger partial charge in [0.2, 0.25) is 0 Å². The van der Waals surface area contributed by atoms with Gasteiger partial charge in [0.1, 0.15) is 5.69 Å². The molecule has 1 amide bonds. The molecule has 0 fully saturated rings. The van der Waals surface area contributed by atoms with E-state index in [1.165, 1.54) is 0 Å². The van der Waals surface area contributed by atoms with Crippen molar-refractivity contribution in [2.45, 2.75) is 26.3 Å². The summed E-state index contributed by atoms with van der Waals surface area (Å²) in [7, 11) is 0. The van der Waals surface area contributed by atoms with Crippen molar-refractivity contribution in [2.75, 3.05) is 6.54 Å². The van der Waals surface area contributed by atoms with Crippen LogP contribution in [0.4, 0.5) is 0 Å². The smallest absolute Gasteiger partial charge is 0.267 e. The number of carbonyl (C=O) groups is 1. The number of H-pyrrole nitrogens is 1. The predicted octanol–water partition coefficient (Wildman–Crippen LogP) is 3.57. The third kappa shape index (κ3) is 3.24. The van der Waals surface area contributed by atoms with Crippen LogP contribution in [-0.2, 0) is 6.42 Å². The van der Waals surface area contributed by atoms with E-state index < -0.39 is 0 Å². The van der Waals surface area contributed by atoms with Crippen molar-refractivity contribution in [3.63, 3.8) is 0 Å². The van der Waals surface area contributed by atoms with Crippen molar-refractivity contribution in [1.82, 2.24) is 19.9 Å². The standard InChI is InChI=1S/C17H19ClN4O/c1-11(2)22-15-4-3-13(18)7-12(15)8-16(22)17(23)20-6-5-14-9-19-10-21-14/h3-4,7-11H,5-6H2,1-2H3,(H,19,21)(H,20,23). The van der Waals surface area contributed by atoms with Gasteiger partial charge in [-0.25, -0.2) is 4.98 Å². The number of nitrogens with zero attached hydrogens (tertiary/aromatic N) is 2. The number of aromatic amines is 1. The third-order valence-corrected chi connectivity index (χ3v) is 4.02. The zero-order valence-corrected chi connectivity index (χ0v) is 13.9. The predicted molar refractivity (Wildman–Crippen MR) is 92.0 cm³/mol. The molecule has 2 aromatic heterocycles. The van der Waals surface area contributed by atoms with Crippen molar-refractivity contribution in [3.8, 4) is 0 Å². The number of hydrogen-bond donors (Lipinski definition) is 2. The van der Waals surface area contributed by atoms with Crippen LogP contribution in [0.15, 0.2) is 36.8 Å². The summed E-state index contributed by atoms with van der Waals surface area (Å²) in [5.41, 5.74) is 2.67. The lowest BCUT2D eigenvalue weighted by molar-refractivity contribution is 0.0944. The Kier molecular flexibility index (Phi) is 4.39. The number of amides is 1. The monoisotopic (exact) mass is 330 g/mol. The van der Waals surface area contributed by atoms with E-state index in [0.717, 1.165) is 23.0 Å². The van der Waals surface area contributed by atoms with Crippen LogP contribution in [-0.4, -0.2) is 27.0 Å². The Balaban J connectivity index is 1.82. The molecule has 2 heterocycles. The summed E-state index contributed by atoms with van der Waals surface area (Å²) in [6.07, 6.45) is 4.12. The lowest BCUT2D eigenvalue weighted by Crippen LogP contribution is -2.28. The molecule has 1 aromatic carbocycles. The van der Waals surface area contributed by atoms with Gasteiger partial charge in [0.15, 0.2) is 0 Å². The highest BCUT2D eigenvalue weighted by Gasteiger charge is 2.17. The molecule has 23 heavy (non-hydrogen) atoms. The fourth-order valence-corrected chi connectivity index (χ4v) is 2.94. The second-order valence-electron chi connectivity index (χ2n) is 5.78. The highest BCUT2D eigenvalue weighted by Crippen LogP contribution is 2.26. The molecule has 3 rings (SSSR count). The van der Waals surface area contributed by atoms with Crippen molar-refractivity contribution in [3.05, 3.63) is 53.2 Å². The lowest BCUT2D eigenvalue weighted by atomic mass is 10.2. The van der Waals surface area contributed by atoms with Crippen LogP contribution < -0.4 is 5.32 Å². The fourth-order valence-electron chi connectivity index (χ4n) is 2.76. The Morgan fingerprint density at radius 1 is 1.39 bits per heavy atom. The first-order valence-electron chi connectivity index (χ1n) is 7.62. The molecule has 0 saturated carbocycles. The van der Waals surface area contributed by atoms with Crippen LogP contribution in [0.2, 0.25) is 5.02 Å². The number of halogens is 1. The van der Waals surface area contributed by atoms with Gasteiger partial charge in [0.05, 0.1) is 6.33 Å². The summed E-state index contributed by atoms with van der Waals surface area (Å²) >= 11 is 6.06. The molecule has 0 saturated heterocycles. The Labute approximate surface area is 139 Å². The number of benzene rings is 1. The quantitative estimate of drug-likeness (QED) is 0.751.